The van der Waals surface area contributed by atoms with Crippen LogP contribution < -0.4 is 20.1 Å². The Balaban J connectivity index is 1.88. The average molecular weight is 396 g/mol. The van der Waals surface area contributed by atoms with Crippen LogP contribution in [0.25, 0.3) is 6.08 Å². The Morgan fingerprint density at radius 2 is 1.76 bits per heavy atom. The second-order valence-corrected chi connectivity index (χ2v) is 6.52. The summed E-state index contributed by atoms with van der Waals surface area (Å²) in [7, 11) is 0. The normalized spacial score (nSPS) is 13.5. The van der Waals surface area contributed by atoms with E-state index in [-0.39, 0.29) is 12.5 Å². The lowest BCUT2D eigenvalue weighted by Gasteiger charge is -2.14. The highest BCUT2D eigenvalue weighted by molar-refractivity contribution is 6.06. The van der Waals surface area contributed by atoms with Gasteiger partial charge in [-0.25, -0.2) is 0 Å². The number of rotatable bonds is 6. The zero-order chi connectivity index (χ0) is 21.0. The Morgan fingerprint density at radius 1 is 1.07 bits per heavy atom. The number of carbonyl (C=O) groups is 3. The van der Waals surface area contributed by atoms with Crippen molar-refractivity contribution in [1.82, 2.24) is 10.6 Å². The summed E-state index contributed by atoms with van der Waals surface area (Å²) in [5, 5.41) is 13.9. The van der Waals surface area contributed by atoms with E-state index in [4.69, 9.17) is 14.6 Å². The quantitative estimate of drug-likeness (QED) is 0.644. The first-order valence-corrected chi connectivity index (χ1v) is 8.86. The predicted molar refractivity (Wildman–Crippen MR) is 104 cm³/mol. The van der Waals surface area contributed by atoms with Crippen molar-refractivity contribution in [3.63, 3.8) is 0 Å². The number of fused-ring (bicyclic) bond motifs is 1. The lowest BCUT2D eigenvalue weighted by molar-refractivity contribution is -0.140. The van der Waals surface area contributed by atoms with Crippen LogP contribution in [0.5, 0.6) is 11.5 Å². The van der Waals surface area contributed by atoms with Gasteiger partial charge in [-0.3, -0.25) is 14.4 Å². The van der Waals surface area contributed by atoms with Crippen LogP contribution >= 0.6 is 0 Å². The summed E-state index contributed by atoms with van der Waals surface area (Å²) < 4.78 is 10.6. The fourth-order valence-electron chi connectivity index (χ4n) is 2.56. The molecule has 0 fully saturated rings. The summed E-state index contributed by atoms with van der Waals surface area (Å²) in [6.45, 7) is 3.34. The van der Waals surface area contributed by atoms with Crippen LogP contribution in [-0.2, 0) is 9.59 Å². The molecule has 1 heterocycles. The second kappa shape index (κ2) is 8.47. The number of carboxylic acids is 1. The van der Waals surface area contributed by atoms with Crippen molar-refractivity contribution in [2.45, 2.75) is 19.9 Å². The van der Waals surface area contributed by atoms with Gasteiger partial charge in [-0.2, -0.15) is 0 Å². The number of benzene rings is 2. The molecule has 1 atom stereocenters. The maximum atomic E-state index is 12.6. The fraction of sp³-hybridized carbons (Fsp3) is 0.190. The van der Waals surface area contributed by atoms with Crippen LogP contribution in [0.3, 0.4) is 0 Å². The van der Waals surface area contributed by atoms with Gasteiger partial charge in [0.1, 0.15) is 11.7 Å². The number of nitrogens with one attached hydrogen (secondary N) is 2. The van der Waals surface area contributed by atoms with Crippen molar-refractivity contribution in [3.05, 3.63) is 64.9 Å². The molecule has 0 aliphatic carbocycles. The molecule has 2 aromatic carbocycles. The van der Waals surface area contributed by atoms with Crippen LogP contribution in [0.1, 0.15) is 28.4 Å². The van der Waals surface area contributed by atoms with E-state index in [1.165, 1.54) is 13.0 Å². The van der Waals surface area contributed by atoms with Crippen LogP contribution in [0.2, 0.25) is 0 Å². The summed E-state index contributed by atoms with van der Waals surface area (Å²) in [5.74, 6) is -1.31. The van der Waals surface area contributed by atoms with Gasteiger partial charge >= 0.3 is 5.97 Å². The molecule has 2 aromatic rings. The van der Waals surface area contributed by atoms with E-state index in [1.807, 2.05) is 6.92 Å². The first-order valence-electron chi connectivity index (χ1n) is 8.86. The SMILES string of the molecule is Cc1ccc(C(=O)NC(=Cc2ccc3c(c2)OCO3)C(=O)NC(C)C(=O)O)cc1. The smallest absolute Gasteiger partial charge is 0.325 e. The molecule has 29 heavy (non-hydrogen) atoms. The zero-order valence-electron chi connectivity index (χ0n) is 15.9. The fourth-order valence-corrected chi connectivity index (χ4v) is 2.56. The van der Waals surface area contributed by atoms with Crippen molar-refractivity contribution < 1.29 is 29.0 Å². The van der Waals surface area contributed by atoms with E-state index in [2.05, 4.69) is 10.6 Å². The van der Waals surface area contributed by atoms with Crippen LogP contribution in [0.15, 0.2) is 48.2 Å². The van der Waals surface area contributed by atoms with Crippen molar-refractivity contribution in [1.29, 1.82) is 0 Å². The Morgan fingerprint density at radius 3 is 2.45 bits per heavy atom. The van der Waals surface area contributed by atoms with E-state index >= 15 is 0 Å². The Kier molecular flexibility index (Phi) is 5.82. The van der Waals surface area contributed by atoms with Crippen molar-refractivity contribution >= 4 is 23.9 Å². The summed E-state index contributed by atoms with van der Waals surface area (Å²) in [5.41, 5.74) is 1.84. The first kappa shape index (κ1) is 19.9. The van der Waals surface area contributed by atoms with Gasteiger partial charge in [0.25, 0.3) is 11.8 Å². The molecule has 1 aliphatic heterocycles. The summed E-state index contributed by atoms with van der Waals surface area (Å²) >= 11 is 0. The number of hydrogen-bond acceptors (Lipinski definition) is 5. The van der Waals surface area contributed by atoms with Gasteiger partial charge < -0.3 is 25.2 Å². The van der Waals surface area contributed by atoms with Crippen LogP contribution in [0, 0.1) is 6.92 Å². The van der Waals surface area contributed by atoms with Gasteiger partial charge in [0.2, 0.25) is 6.79 Å². The monoisotopic (exact) mass is 396 g/mol. The lowest BCUT2D eigenvalue weighted by atomic mass is 10.1. The number of carbonyl (C=O) groups excluding carboxylic acids is 2. The lowest BCUT2D eigenvalue weighted by Crippen LogP contribution is -2.42. The molecule has 0 saturated carbocycles. The van der Waals surface area contributed by atoms with Gasteiger partial charge in [0.05, 0.1) is 0 Å². The molecule has 0 saturated heterocycles. The number of amides is 2. The minimum Gasteiger partial charge on any atom is -0.480 e. The van der Waals surface area contributed by atoms with Crippen molar-refractivity contribution in [2.75, 3.05) is 6.79 Å². The molecule has 2 amide bonds. The molecule has 8 heteroatoms. The molecule has 150 valence electrons. The number of carboxylic acid groups (broad SMARTS) is 1. The predicted octanol–water partition coefficient (Wildman–Crippen LogP) is 2.08. The number of aryl methyl sites for hydroxylation is 1. The van der Waals surface area contributed by atoms with E-state index in [9.17, 15) is 14.4 Å². The van der Waals surface area contributed by atoms with Gasteiger partial charge in [-0.05, 0) is 49.8 Å². The third-order valence-electron chi connectivity index (χ3n) is 4.23. The zero-order valence-corrected chi connectivity index (χ0v) is 15.9. The van der Waals surface area contributed by atoms with E-state index in [0.29, 0.717) is 22.6 Å². The molecule has 0 radical (unpaired) electrons. The average Bonchev–Trinajstić information content (AvgIpc) is 3.15. The molecule has 0 bridgehead atoms. The van der Waals surface area contributed by atoms with E-state index in [1.54, 1.807) is 42.5 Å². The highest BCUT2D eigenvalue weighted by atomic mass is 16.7. The van der Waals surface area contributed by atoms with Crippen molar-refractivity contribution in [2.24, 2.45) is 0 Å². The summed E-state index contributed by atoms with van der Waals surface area (Å²) in [6, 6.07) is 10.8. The first-order chi connectivity index (χ1) is 13.8. The largest absolute Gasteiger partial charge is 0.480 e. The van der Waals surface area contributed by atoms with E-state index in [0.717, 1.165) is 5.56 Å². The minimum atomic E-state index is -1.19. The molecule has 0 aromatic heterocycles. The van der Waals surface area contributed by atoms with Gasteiger partial charge in [-0.15, -0.1) is 0 Å². The topological polar surface area (TPSA) is 114 Å². The third-order valence-corrected chi connectivity index (χ3v) is 4.23. The maximum Gasteiger partial charge on any atom is 0.325 e. The highest BCUT2D eigenvalue weighted by Gasteiger charge is 2.20. The summed E-state index contributed by atoms with van der Waals surface area (Å²) in [4.78, 5) is 36.2. The molecule has 1 unspecified atom stereocenters. The van der Waals surface area contributed by atoms with Gasteiger partial charge in [0, 0.05) is 5.56 Å². The van der Waals surface area contributed by atoms with Gasteiger partial charge in [-0.1, -0.05) is 23.8 Å². The van der Waals surface area contributed by atoms with E-state index < -0.39 is 23.8 Å². The standard InChI is InChI=1S/C21H20N2O6/c1-12-3-6-15(7-4-12)19(24)23-16(20(25)22-13(2)21(26)27)9-14-5-8-17-18(10-14)29-11-28-17/h3-10,13H,11H2,1-2H3,(H,22,25)(H,23,24)(H,26,27). The molecular weight excluding hydrogens is 376 g/mol. The number of ether oxygens (including phenoxy) is 2. The second-order valence-electron chi connectivity index (χ2n) is 6.52. The van der Waals surface area contributed by atoms with Crippen LogP contribution in [0.4, 0.5) is 0 Å². The van der Waals surface area contributed by atoms with Gasteiger partial charge in [0.15, 0.2) is 11.5 Å². The molecular formula is C21H20N2O6. The van der Waals surface area contributed by atoms with Crippen molar-refractivity contribution in [3.8, 4) is 11.5 Å². The Hall–Kier alpha value is -3.81. The number of aliphatic carboxylic acids is 1. The molecule has 0 spiro atoms. The Labute approximate surface area is 167 Å². The third kappa shape index (κ3) is 4.92. The van der Waals surface area contributed by atoms with Crippen LogP contribution in [-0.4, -0.2) is 35.7 Å². The Bertz CT molecular complexity index is 981. The number of hydrogen-bond donors (Lipinski definition) is 3. The molecule has 1 aliphatic rings. The molecule has 3 rings (SSSR count). The molecule has 8 nitrogen and oxygen atoms in total. The molecule has 3 N–H and O–H groups in total. The summed E-state index contributed by atoms with van der Waals surface area (Å²) in [6.07, 6.45) is 1.44. The maximum absolute atomic E-state index is 12.6. The highest BCUT2D eigenvalue weighted by Crippen LogP contribution is 2.33. The minimum absolute atomic E-state index is 0.0949.